The first-order chi connectivity index (χ1) is 14.4. The third-order valence-electron chi connectivity index (χ3n) is 4.38. The number of hydrogen-bond donors (Lipinski definition) is 1. The number of rotatable bonds is 7. The number of carbonyl (C=O) groups is 2. The monoisotopic (exact) mass is 428 g/mol. The summed E-state index contributed by atoms with van der Waals surface area (Å²) in [5.74, 6) is -0.134. The van der Waals surface area contributed by atoms with Crippen molar-refractivity contribution in [3.63, 3.8) is 0 Å². The molecule has 0 saturated carbocycles. The van der Waals surface area contributed by atoms with Crippen LogP contribution in [0.5, 0.6) is 5.75 Å². The smallest absolute Gasteiger partial charge is 0.292 e. The Balaban J connectivity index is 1.76. The average molecular weight is 428 g/mol. The Bertz CT molecular complexity index is 1010. The molecule has 1 aliphatic rings. The van der Waals surface area contributed by atoms with Crippen molar-refractivity contribution in [2.24, 2.45) is 4.99 Å². The van der Waals surface area contributed by atoms with E-state index in [1.807, 2.05) is 19.1 Å². The molecule has 0 aromatic heterocycles. The van der Waals surface area contributed by atoms with Crippen LogP contribution in [0.15, 0.2) is 53.5 Å². The summed E-state index contributed by atoms with van der Waals surface area (Å²) in [6.07, 6.45) is -0.128. The van der Waals surface area contributed by atoms with Crippen molar-refractivity contribution in [2.45, 2.75) is 18.6 Å². The Hall–Kier alpha value is -3.40. The fourth-order valence-corrected chi connectivity index (χ4v) is 4.16. The van der Waals surface area contributed by atoms with Gasteiger partial charge < -0.3 is 10.1 Å². The normalized spacial score (nSPS) is 17.3. The fraction of sp³-hybridized carbons (Fsp3) is 0.250. The Morgan fingerprint density at radius 3 is 2.67 bits per heavy atom. The van der Waals surface area contributed by atoms with Gasteiger partial charge in [-0.3, -0.25) is 24.6 Å². The van der Waals surface area contributed by atoms with Crippen molar-refractivity contribution in [1.82, 2.24) is 4.90 Å². The van der Waals surface area contributed by atoms with Gasteiger partial charge in [-0.05, 0) is 25.1 Å². The highest BCUT2D eigenvalue weighted by atomic mass is 32.2. The number of amides is 2. The molecule has 30 heavy (non-hydrogen) atoms. The summed E-state index contributed by atoms with van der Waals surface area (Å²) in [6, 6.07) is 13.1. The van der Waals surface area contributed by atoms with E-state index in [2.05, 4.69) is 10.3 Å². The lowest BCUT2D eigenvalue weighted by atomic mass is 10.2. The molecule has 0 spiro atoms. The van der Waals surface area contributed by atoms with Crippen LogP contribution in [-0.2, 0) is 9.59 Å². The zero-order valence-corrected chi connectivity index (χ0v) is 17.2. The highest BCUT2D eigenvalue weighted by molar-refractivity contribution is 8.15. The Labute approximate surface area is 177 Å². The molecule has 2 aromatic carbocycles. The van der Waals surface area contributed by atoms with Gasteiger partial charge in [0.2, 0.25) is 11.8 Å². The minimum Gasteiger partial charge on any atom is -0.494 e. The molecule has 1 unspecified atom stereocenters. The standard InChI is InChI=1S/C20H20N4O5S/c1-3-23-19(26)17(30-20(23)22-14-9-5-7-11-16(14)29-2)12-18(25)21-13-8-4-6-10-15(13)24(27)28/h4-11,17H,3,12H2,1-2H3,(H,21,25). The second-order valence-electron chi connectivity index (χ2n) is 6.28. The van der Waals surface area contributed by atoms with Crippen LogP contribution in [0, 0.1) is 10.1 Å². The van der Waals surface area contributed by atoms with Crippen molar-refractivity contribution in [3.8, 4) is 5.75 Å². The molecule has 1 saturated heterocycles. The molecule has 0 radical (unpaired) electrons. The molecule has 9 nitrogen and oxygen atoms in total. The number of methoxy groups -OCH3 is 1. The second kappa shape index (κ2) is 9.40. The van der Waals surface area contributed by atoms with Crippen molar-refractivity contribution >= 4 is 45.8 Å². The Morgan fingerprint density at radius 2 is 1.97 bits per heavy atom. The van der Waals surface area contributed by atoms with Crippen LogP contribution in [-0.4, -0.2) is 45.7 Å². The highest BCUT2D eigenvalue weighted by Crippen LogP contribution is 2.34. The number of nitrogens with zero attached hydrogens (tertiary/aromatic N) is 3. The summed E-state index contributed by atoms with van der Waals surface area (Å²) in [6.45, 7) is 2.23. The molecule has 0 bridgehead atoms. The topological polar surface area (TPSA) is 114 Å². The first-order valence-corrected chi connectivity index (χ1v) is 10.1. The van der Waals surface area contributed by atoms with Crippen LogP contribution in [0.4, 0.5) is 17.1 Å². The summed E-state index contributed by atoms with van der Waals surface area (Å²) in [7, 11) is 1.54. The minimum absolute atomic E-state index is 0.0956. The zero-order valence-electron chi connectivity index (χ0n) is 16.4. The van der Waals surface area contributed by atoms with Gasteiger partial charge in [-0.25, -0.2) is 4.99 Å². The zero-order chi connectivity index (χ0) is 21.7. The number of aliphatic imine (C=N–C) groups is 1. The van der Waals surface area contributed by atoms with Crippen molar-refractivity contribution in [2.75, 3.05) is 19.0 Å². The van der Waals surface area contributed by atoms with Gasteiger partial charge in [-0.15, -0.1) is 0 Å². The van der Waals surface area contributed by atoms with E-state index in [0.29, 0.717) is 23.1 Å². The van der Waals surface area contributed by atoms with Gasteiger partial charge in [0.25, 0.3) is 5.69 Å². The van der Waals surface area contributed by atoms with Gasteiger partial charge in [0.15, 0.2) is 5.17 Å². The quantitative estimate of drug-likeness (QED) is 0.532. The van der Waals surface area contributed by atoms with Gasteiger partial charge in [0.05, 0.1) is 12.0 Å². The largest absolute Gasteiger partial charge is 0.494 e. The third kappa shape index (κ3) is 4.60. The predicted octanol–water partition coefficient (Wildman–Crippen LogP) is 3.58. The number of hydrogen-bond acceptors (Lipinski definition) is 7. The van der Waals surface area contributed by atoms with Gasteiger partial charge in [0, 0.05) is 19.0 Å². The molecular formula is C20H20N4O5S. The van der Waals surface area contributed by atoms with E-state index >= 15 is 0 Å². The third-order valence-corrected chi connectivity index (χ3v) is 5.56. The number of para-hydroxylation sites is 4. The maximum atomic E-state index is 12.8. The van der Waals surface area contributed by atoms with Crippen LogP contribution in [0.2, 0.25) is 0 Å². The van der Waals surface area contributed by atoms with E-state index in [0.717, 1.165) is 0 Å². The van der Waals surface area contributed by atoms with Crippen molar-refractivity contribution in [3.05, 3.63) is 58.6 Å². The molecule has 1 N–H and O–H groups in total. The summed E-state index contributed by atoms with van der Waals surface area (Å²) in [5, 5.41) is 13.5. The van der Waals surface area contributed by atoms with E-state index in [1.54, 1.807) is 25.3 Å². The van der Waals surface area contributed by atoms with Crippen LogP contribution in [0.3, 0.4) is 0 Å². The number of anilines is 1. The number of benzene rings is 2. The Kier molecular flexibility index (Phi) is 6.68. The summed E-state index contributed by atoms with van der Waals surface area (Å²) < 4.78 is 5.30. The van der Waals surface area contributed by atoms with Crippen LogP contribution in [0.25, 0.3) is 0 Å². The fourth-order valence-electron chi connectivity index (χ4n) is 2.95. The van der Waals surface area contributed by atoms with Gasteiger partial charge in [0.1, 0.15) is 22.4 Å². The average Bonchev–Trinajstić information content (AvgIpc) is 3.02. The van der Waals surface area contributed by atoms with E-state index in [9.17, 15) is 19.7 Å². The number of nitrogens with one attached hydrogen (secondary N) is 1. The van der Waals surface area contributed by atoms with Gasteiger partial charge in [-0.2, -0.15) is 0 Å². The second-order valence-corrected chi connectivity index (χ2v) is 7.45. The van der Waals surface area contributed by atoms with Crippen LogP contribution >= 0.6 is 11.8 Å². The highest BCUT2D eigenvalue weighted by Gasteiger charge is 2.38. The number of nitro benzene ring substituents is 1. The predicted molar refractivity (Wildman–Crippen MR) is 115 cm³/mol. The van der Waals surface area contributed by atoms with Crippen molar-refractivity contribution < 1.29 is 19.2 Å². The maximum absolute atomic E-state index is 12.8. The SMILES string of the molecule is CCN1C(=O)C(CC(=O)Nc2ccccc2[N+](=O)[O-])SC1=Nc1ccccc1OC. The van der Waals surface area contributed by atoms with E-state index in [4.69, 9.17) is 4.74 Å². The number of amidine groups is 1. The first-order valence-electron chi connectivity index (χ1n) is 9.17. The number of nitro groups is 1. The van der Waals surface area contributed by atoms with Crippen molar-refractivity contribution in [1.29, 1.82) is 0 Å². The van der Waals surface area contributed by atoms with E-state index < -0.39 is 16.1 Å². The molecule has 1 fully saturated rings. The lowest BCUT2D eigenvalue weighted by Crippen LogP contribution is -2.33. The van der Waals surface area contributed by atoms with E-state index in [-0.39, 0.29) is 23.7 Å². The molecule has 0 aliphatic carbocycles. The van der Waals surface area contributed by atoms with Crippen LogP contribution < -0.4 is 10.1 Å². The summed E-state index contributed by atoms with van der Waals surface area (Å²) in [5.41, 5.74) is 0.474. The minimum atomic E-state index is -0.666. The van der Waals surface area contributed by atoms with Gasteiger partial charge >= 0.3 is 0 Å². The van der Waals surface area contributed by atoms with E-state index in [1.165, 1.54) is 34.9 Å². The molecule has 2 aromatic rings. The number of carbonyl (C=O) groups excluding carboxylic acids is 2. The molecule has 2 amide bonds. The molecule has 1 aliphatic heterocycles. The number of ether oxygens (including phenoxy) is 1. The van der Waals surface area contributed by atoms with Gasteiger partial charge in [-0.1, -0.05) is 36.0 Å². The molecule has 1 atom stereocenters. The molecule has 3 rings (SSSR count). The lowest BCUT2D eigenvalue weighted by Gasteiger charge is -2.14. The molecular weight excluding hydrogens is 408 g/mol. The molecule has 156 valence electrons. The maximum Gasteiger partial charge on any atom is 0.292 e. The molecule has 10 heteroatoms. The number of thioether (sulfide) groups is 1. The molecule has 1 heterocycles. The first kappa shape index (κ1) is 21.3. The Morgan fingerprint density at radius 1 is 1.27 bits per heavy atom. The lowest BCUT2D eigenvalue weighted by molar-refractivity contribution is -0.383. The van der Waals surface area contributed by atoms with Crippen LogP contribution in [0.1, 0.15) is 13.3 Å². The summed E-state index contributed by atoms with van der Waals surface area (Å²) in [4.78, 5) is 41.8. The summed E-state index contributed by atoms with van der Waals surface area (Å²) >= 11 is 1.19.